The van der Waals surface area contributed by atoms with Crippen LogP contribution in [-0.4, -0.2) is 64.5 Å². The van der Waals surface area contributed by atoms with Gasteiger partial charge in [-0.15, -0.1) is 0 Å². The molecule has 2 aliphatic heterocycles. The molecule has 4 aromatic rings. The zero-order valence-electron chi connectivity index (χ0n) is 23.6. The third kappa shape index (κ3) is 6.35. The van der Waals surface area contributed by atoms with Crippen LogP contribution in [0, 0.1) is 0 Å². The summed E-state index contributed by atoms with van der Waals surface area (Å²) in [6.45, 7) is 4.69. The van der Waals surface area contributed by atoms with Crippen molar-refractivity contribution in [3.8, 4) is 17.0 Å². The van der Waals surface area contributed by atoms with Gasteiger partial charge in [0.2, 0.25) is 5.88 Å². The van der Waals surface area contributed by atoms with E-state index in [9.17, 15) is 0 Å². The number of rotatable bonds is 9. The molecule has 0 spiro atoms. The van der Waals surface area contributed by atoms with Crippen LogP contribution in [0.2, 0.25) is 0 Å². The Labute approximate surface area is 247 Å². The summed E-state index contributed by atoms with van der Waals surface area (Å²) in [6.07, 6.45) is 9.71. The first-order valence-electron chi connectivity index (χ1n) is 14.7. The molecule has 0 saturated carbocycles. The summed E-state index contributed by atoms with van der Waals surface area (Å²) in [5, 5.41) is 9.25. The fourth-order valence-corrected chi connectivity index (χ4v) is 5.89. The highest BCUT2D eigenvalue weighted by Gasteiger charge is 2.21. The highest BCUT2D eigenvalue weighted by atomic mass is 32.1. The first-order chi connectivity index (χ1) is 20.2. The van der Waals surface area contributed by atoms with Crippen molar-refractivity contribution in [1.82, 2.24) is 25.0 Å². The molecule has 41 heavy (non-hydrogen) atoms. The van der Waals surface area contributed by atoms with Crippen LogP contribution in [0.25, 0.3) is 34.2 Å². The maximum absolute atomic E-state index is 6.18. The first-order valence-corrected chi connectivity index (χ1v) is 15.1. The minimum atomic E-state index is -0.0808. The number of fused-ring (bicyclic) bond motifs is 1. The van der Waals surface area contributed by atoms with Crippen LogP contribution in [0.3, 0.4) is 0 Å². The Morgan fingerprint density at radius 3 is 2.76 bits per heavy atom. The van der Waals surface area contributed by atoms with Gasteiger partial charge in [-0.05, 0) is 86.7 Å². The molecule has 0 aliphatic carbocycles. The lowest BCUT2D eigenvalue weighted by atomic mass is 9.98. The molecule has 8 heteroatoms. The highest BCUT2D eigenvalue weighted by molar-refractivity contribution is 7.80. The van der Waals surface area contributed by atoms with Crippen molar-refractivity contribution in [3.63, 3.8) is 0 Å². The summed E-state index contributed by atoms with van der Waals surface area (Å²) in [4.78, 5) is 7.88. The molecule has 0 bridgehead atoms. The molecule has 2 aliphatic rings. The fourth-order valence-electron chi connectivity index (χ4n) is 5.71. The number of ether oxygens (including phenoxy) is 2. The van der Waals surface area contributed by atoms with E-state index < -0.39 is 0 Å². The quantitative estimate of drug-likeness (QED) is 0.237. The first kappa shape index (κ1) is 27.6. The lowest BCUT2D eigenvalue weighted by Gasteiger charge is -2.23. The number of hydrogen-bond donors (Lipinski definition) is 1. The van der Waals surface area contributed by atoms with Crippen LogP contribution in [0.4, 0.5) is 0 Å². The lowest BCUT2D eigenvalue weighted by molar-refractivity contribution is -0.0367. The van der Waals surface area contributed by atoms with Gasteiger partial charge in [0.25, 0.3) is 0 Å². The van der Waals surface area contributed by atoms with Gasteiger partial charge in [0.05, 0.1) is 16.9 Å². The topological polar surface area (TPSA) is 64.4 Å². The van der Waals surface area contributed by atoms with Gasteiger partial charge >= 0.3 is 0 Å². The summed E-state index contributed by atoms with van der Waals surface area (Å²) in [6, 6.07) is 20.7. The standard InChI is InChI=1S/C33H37N5O2S/c1-34-33(41)27-11-3-2-10-26(27)24-14-16-28-29(36-38(30(28)23-24)32-13-4-7-21-40-32)17-15-25-9-8-12-31(35-25)39-22-20-37-18-5-6-19-37/h2-3,8-12,14-17,23,32H,4-7,13,18-22H2,1H3,(H,34,41)/b17-15+. The van der Waals surface area contributed by atoms with E-state index in [1.165, 1.54) is 25.9 Å². The predicted molar refractivity (Wildman–Crippen MR) is 169 cm³/mol. The molecule has 4 heterocycles. The van der Waals surface area contributed by atoms with Crippen LogP contribution in [0.15, 0.2) is 60.7 Å². The van der Waals surface area contributed by atoms with Crippen molar-refractivity contribution in [2.75, 3.05) is 39.9 Å². The summed E-state index contributed by atoms with van der Waals surface area (Å²) in [5.41, 5.74) is 5.98. The highest BCUT2D eigenvalue weighted by Crippen LogP contribution is 2.33. The van der Waals surface area contributed by atoms with Crippen LogP contribution in [0.5, 0.6) is 5.88 Å². The Morgan fingerprint density at radius 1 is 1.05 bits per heavy atom. The number of hydrogen-bond acceptors (Lipinski definition) is 6. The van der Waals surface area contributed by atoms with E-state index in [2.05, 4.69) is 45.2 Å². The van der Waals surface area contributed by atoms with Gasteiger partial charge in [0, 0.05) is 37.2 Å². The molecule has 1 unspecified atom stereocenters. The van der Waals surface area contributed by atoms with Crippen LogP contribution >= 0.6 is 12.2 Å². The van der Waals surface area contributed by atoms with Gasteiger partial charge in [-0.3, -0.25) is 4.90 Å². The number of nitrogens with one attached hydrogen (secondary N) is 1. The number of likely N-dealkylation sites (tertiary alicyclic amines) is 1. The van der Waals surface area contributed by atoms with E-state index >= 15 is 0 Å². The molecule has 2 fully saturated rings. The van der Waals surface area contributed by atoms with E-state index in [0.717, 1.165) is 76.4 Å². The Kier molecular flexibility index (Phi) is 8.70. The molecule has 212 valence electrons. The van der Waals surface area contributed by atoms with Crippen LogP contribution < -0.4 is 10.1 Å². The SMILES string of the molecule is CNC(=S)c1ccccc1-c1ccc2c(/C=C/c3cccc(OCCN4CCCC4)n3)nn(C3CCCCO3)c2c1. The van der Waals surface area contributed by atoms with Crippen molar-refractivity contribution in [2.45, 2.75) is 38.3 Å². The molecule has 1 N–H and O–H groups in total. The van der Waals surface area contributed by atoms with E-state index in [1.54, 1.807) is 0 Å². The van der Waals surface area contributed by atoms with Gasteiger partial charge in [-0.1, -0.05) is 48.6 Å². The molecule has 2 saturated heterocycles. The van der Waals surface area contributed by atoms with Crippen molar-refractivity contribution < 1.29 is 9.47 Å². The second-order valence-corrected chi connectivity index (χ2v) is 11.0. The minimum absolute atomic E-state index is 0.0808. The summed E-state index contributed by atoms with van der Waals surface area (Å²) in [7, 11) is 1.86. The zero-order chi connectivity index (χ0) is 28.0. The second kappa shape index (κ2) is 12.9. The summed E-state index contributed by atoms with van der Waals surface area (Å²) >= 11 is 5.60. The van der Waals surface area contributed by atoms with Gasteiger partial charge in [0.15, 0.2) is 6.23 Å². The number of benzene rings is 2. The summed E-state index contributed by atoms with van der Waals surface area (Å²) in [5.74, 6) is 0.653. The molecule has 2 aromatic carbocycles. The smallest absolute Gasteiger partial charge is 0.213 e. The van der Waals surface area contributed by atoms with E-state index in [4.69, 9.17) is 31.8 Å². The molecule has 7 nitrogen and oxygen atoms in total. The lowest BCUT2D eigenvalue weighted by Crippen LogP contribution is -2.25. The van der Waals surface area contributed by atoms with E-state index in [1.807, 2.05) is 49.5 Å². The monoisotopic (exact) mass is 567 g/mol. The Balaban J connectivity index is 1.29. The molecular formula is C33H37N5O2S. The maximum Gasteiger partial charge on any atom is 0.213 e. The van der Waals surface area contributed by atoms with Crippen molar-refractivity contribution in [3.05, 3.63) is 77.6 Å². The maximum atomic E-state index is 6.18. The van der Waals surface area contributed by atoms with Crippen LogP contribution in [0.1, 0.15) is 55.3 Å². The number of pyridine rings is 1. The average molecular weight is 568 g/mol. The summed E-state index contributed by atoms with van der Waals surface area (Å²) < 4.78 is 14.2. The normalized spacial score (nSPS) is 17.8. The zero-order valence-corrected chi connectivity index (χ0v) is 24.4. The number of thiocarbonyl (C=S) groups is 1. The molecule has 1 atom stereocenters. The van der Waals surface area contributed by atoms with Crippen molar-refractivity contribution in [2.24, 2.45) is 0 Å². The third-order valence-electron chi connectivity index (χ3n) is 7.89. The number of nitrogens with zero attached hydrogens (tertiary/aromatic N) is 4. The Hall–Kier alpha value is -3.59. The van der Waals surface area contributed by atoms with E-state index in [-0.39, 0.29) is 6.23 Å². The second-order valence-electron chi connectivity index (χ2n) is 10.6. The van der Waals surface area contributed by atoms with Gasteiger partial charge in [-0.2, -0.15) is 5.10 Å². The largest absolute Gasteiger partial charge is 0.476 e. The predicted octanol–water partition coefficient (Wildman–Crippen LogP) is 6.34. The Bertz CT molecular complexity index is 1540. The molecular weight excluding hydrogens is 530 g/mol. The average Bonchev–Trinajstić information content (AvgIpc) is 3.68. The van der Waals surface area contributed by atoms with Gasteiger partial charge < -0.3 is 14.8 Å². The van der Waals surface area contributed by atoms with Crippen molar-refractivity contribution in [1.29, 1.82) is 0 Å². The van der Waals surface area contributed by atoms with Gasteiger partial charge in [0.1, 0.15) is 11.6 Å². The Morgan fingerprint density at radius 2 is 1.93 bits per heavy atom. The van der Waals surface area contributed by atoms with Gasteiger partial charge in [-0.25, -0.2) is 9.67 Å². The van der Waals surface area contributed by atoms with E-state index in [0.29, 0.717) is 12.5 Å². The molecule has 6 rings (SSSR count). The molecule has 0 radical (unpaired) electrons. The molecule has 0 amide bonds. The van der Waals surface area contributed by atoms with Crippen LogP contribution in [-0.2, 0) is 4.74 Å². The molecule has 2 aromatic heterocycles. The fraction of sp³-hybridized carbons (Fsp3) is 0.364. The third-order valence-corrected chi connectivity index (χ3v) is 8.31. The minimum Gasteiger partial charge on any atom is -0.476 e. The number of aromatic nitrogens is 3. The van der Waals surface area contributed by atoms with Crippen molar-refractivity contribution >= 4 is 40.3 Å².